The largest absolute Gasteiger partial charge is 0.349 e. The van der Waals surface area contributed by atoms with Crippen LogP contribution in [0.25, 0.3) is 0 Å². The van der Waals surface area contributed by atoms with Crippen LogP contribution < -0.4 is 5.32 Å². The van der Waals surface area contributed by atoms with Crippen molar-refractivity contribution in [3.05, 3.63) is 102 Å². The summed E-state index contributed by atoms with van der Waals surface area (Å²) in [4.78, 5) is 31.5. The fraction of sp³-hybridized carbons (Fsp3) is 0.269. The molecule has 5 heteroatoms. The minimum atomic E-state index is -0.0801. The van der Waals surface area contributed by atoms with Crippen molar-refractivity contribution in [2.45, 2.75) is 25.3 Å². The normalized spacial score (nSPS) is 15.3. The molecule has 2 heterocycles. The Morgan fingerprint density at radius 3 is 2.16 bits per heavy atom. The molecule has 1 aliphatic rings. The molecule has 158 valence electrons. The average molecular weight is 414 g/mol. The number of nitrogens with one attached hydrogen (secondary N) is 1. The first-order valence-electron chi connectivity index (χ1n) is 10.8. The Kier molecular flexibility index (Phi) is 6.72. The van der Waals surface area contributed by atoms with Crippen molar-refractivity contribution in [1.82, 2.24) is 15.2 Å². The van der Waals surface area contributed by atoms with Gasteiger partial charge in [0.1, 0.15) is 0 Å². The lowest BCUT2D eigenvalue weighted by Crippen LogP contribution is -2.44. The first-order valence-corrected chi connectivity index (χ1v) is 10.8. The highest BCUT2D eigenvalue weighted by Crippen LogP contribution is 2.23. The van der Waals surface area contributed by atoms with E-state index in [1.54, 1.807) is 24.5 Å². The van der Waals surface area contributed by atoms with E-state index in [9.17, 15) is 9.59 Å². The lowest BCUT2D eigenvalue weighted by atomic mass is 9.93. The van der Waals surface area contributed by atoms with E-state index in [1.165, 1.54) is 5.56 Å². The van der Waals surface area contributed by atoms with Gasteiger partial charge in [-0.1, -0.05) is 60.7 Å². The van der Waals surface area contributed by atoms with Crippen molar-refractivity contribution in [2.75, 3.05) is 13.1 Å². The highest BCUT2D eigenvalue weighted by atomic mass is 16.2. The van der Waals surface area contributed by atoms with Crippen LogP contribution in [0.5, 0.6) is 0 Å². The standard InChI is InChI=1S/C26H27N3O2/c30-25(22-13-17-29(18-14-22)26(31)23-11-15-27-16-12-23)28-24(21-9-5-2-6-10-21)19-20-7-3-1-4-8-20/h1-12,15-16,22,24H,13-14,17-19H2,(H,28,30)/t24-/m1/s1. The van der Waals surface area contributed by atoms with Gasteiger partial charge in [-0.25, -0.2) is 0 Å². The Hall–Kier alpha value is -3.47. The molecule has 0 aliphatic carbocycles. The number of benzene rings is 2. The number of pyridine rings is 1. The molecule has 1 aliphatic heterocycles. The van der Waals surface area contributed by atoms with Crippen LogP contribution in [-0.2, 0) is 11.2 Å². The van der Waals surface area contributed by atoms with Gasteiger partial charge in [-0.3, -0.25) is 14.6 Å². The monoisotopic (exact) mass is 413 g/mol. The van der Waals surface area contributed by atoms with E-state index < -0.39 is 0 Å². The predicted molar refractivity (Wildman–Crippen MR) is 120 cm³/mol. The zero-order valence-corrected chi connectivity index (χ0v) is 17.5. The van der Waals surface area contributed by atoms with Crippen LogP contribution in [0.1, 0.15) is 40.4 Å². The number of hydrogen-bond donors (Lipinski definition) is 1. The number of amides is 2. The molecule has 0 bridgehead atoms. The molecular formula is C26H27N3O2. The summed E-state index contributed by atoms with van der Waals surface area (Å²) in [5.74, 6) is -0.00299. The van der Waals surface area contributed by atoms with Crippen LogP contribution in [-0.4, -0.2) is 34.8 Å². The summed E-state index contributed by atoms with van der Waals surface area (Å²) >= 11 is 0. The highest BCUT2D eigenvalue weighted by molar-refractivity contribution is 5.94. The first-order chi connectivity index (χ1) is 15.2. The molecule has 1 N–H and O–H groups in total. The van der Waals surface area contributed by atoms with Crippen molar-refractivity contribution >= 4 is 11.8 Å². The Morgan fingerprint density at radius 2 is 1.52 bits per heavy atom. The lowest BCUT2D eigenvalue weighted by molar-refractivity contribution is -0.127. The molecule has 1 fully saturated rings. The Balaban J connectivity index is 1.38. The maximum absolute atomic E-state index is 13.1. The van der Waals surface area contributed by atoms with Crippen LogP contribution in [0.2, 0.25) is 0 Å². The predicted octanol–water partition coefficient (Wildman–Crippen LogP) is 4.03. The van der Waals surface area contributed by atoms with Crippen LogP contribution in [0.4, 0.5) is 0 Å². The third-order valence-electron chi connectivity index (χ3n) is 5.88. The van der Waals surface area contributed by atoms with Crippen molar-refractivity contribution in [3.63, 3.8) is 0 Å². The number of hydrogen-bond acceptors (Lipinski definition) is 3. The smallest absolute Gasteiger partial charge is 0.253 e. The number of rotatable bonds is 6. The van der Waals surface area contributed by atoms with Gasteiger partial charge in [0.05, 0.1) is 6.04 Å². The lowest BCUT2D eigenvalue weighted by Gasteiger charge is -2.32. The fourth-order valence-corrected chi connectivity index (χ4v) is 4.10. The van der Waals surface area contributed by atoms with Crippen molar-refractivity contribution in [2.24, 2.45) is 5.92 Å². The second-order valence-corrected chi connectivity index (χ2v) is 7.96. The van der Waals surface area contributed by atoms with Crippen LogP contribution in [0.3, 0.4) is 0 Å². The summed E-state index contributed by atoms with van der Waals surface area (Å²) in [6, 6.07) is 23.7. The number of aromatic nitrogens is 1. The van der Waals surface area contributed by atoms with Gasteiger partial charge in [0.25, 0.3) is 5.91 Å². The van der Waals surface area contributed by atoms with E-state index in [2.05, 4.69) is 34.6 Å². The SMILES string of the molecule is O=C(N[C@H](Cc1ccccc1)c1ccccc1)C1CCN(C(=O)c2ccncc2)CC1. The zero-order chi connectivity index (χ0) is 21.5. The van der Waals surface area contributed by atoms with E-state index in [0.29, 0.717) is 31.5 Å². The van der Waals surface area contributed by atoms with Crippen molar-refractivity contribution in [3.8, 4) is 0 Å². The van der Waals surface area contributed by atoms with Crippen LogP contribution >= 0.6 is 0 Å². The van der Waals surface area contributed by atoms with Gasteiger partial charge in [0, 0.05) is 37.0 Å². The number of carbonyl (C=O) groups is 2. The average Bonchev–Trinajstić information content (AvgIpc) is 2.85. The molecule has 4 rings (SSSR count). The summed E-state index contributed by atoms with van der Waals surface area (Å²) in [7, 11) is 0. The summed E-state index contributed by atoms with van der Waals surface area (Å²) in [5.41, 5.74) is 2.93. The van der Waals surface area contributed by atoms with E-state index >= 15 is 0 Å². The van der Waals surface area contributed by atoms with E-state index in [1.807, 2.05) is 41.3 Å². The number of carbonyl (C=O) groups excluding carboxylic acids is 2. The molecule has 0 radical (unpaired) electrons. The summed E-state index contributed by atoms with van der Waals surface area (Å²) in [6.07, 6.45) is 5.36. The summed E-state index contributed by atoms with van der Waals surface area (Å²) < 4.78 is 0. The third-order valence-corrected chi connectivity index (χ3v) is 5.88. The maximum atomic E-state index is 13.1. The van der Waals surface area contributed by atoms with Gasteiger partial charge >= 0.3 is 0 Å². The van der Waals surface area contributed by atoms with Gasteiger partial charge in [-0.2, -0.15) is 0 Å². The van der Waals surface area contributed by atoms with E-state index in [-0.39, 0.29) is 23.8 Å². The second-order valence-electron chi connectivity index (χ2n) is 7.96. The maximum Gasteiger partial charge on any atom is 0.253 e. The topological polar surface area (TPSA) is 62.3 Å². The molecule has 1 atom stereocenters. The molecule has 1 aromatic heterocycles. The van der Waals surface area contributed by atoms with E-state index in [4.69, 9.17) is 0 Å². The molecule has 5 nitrogen and oxygen atoms in total. The van der Waals surface area contributed by atoms with E-state index in [0.717, 1.165) is 12.0 Å². The second kappa shape index (κ2) is 10.0. The van der Waals surface area contributed by atoms with Gasteiger partial charge in [-0.05, 0) is 42.5 Å². The summed E-state index contributed by atoms with van der Waals surface area (Å²) in [5, 5.41) is 3.28. The summed E-state index contributed by atoms with van der Waals surface area (Å²) in [6.45, 7) is 1.18. The van der Waals surface area contributed by atoms with Crippen molar-refractivity contribution in [1.29, 1.82) is 0 Å². The molecule has 0 unspecified atom stereocenters. The molecule has 3 aromatic rings. The quantitative estimate of drug-likeness (QED) is 0.664. The van der Waals surface area contributed by atoms with Crippen molar-refractivity contribution < 1.29 is 9.59 Å². The highest BCUT2D eigenvalue weighted by Gasteiger charge is 2.29. The van der Waals surface area contributed by atoms with Gasteiger partial charge in [-0.15, -0.1) is 0 Å². The zero-order valence-electron chi connectivity index (χ0n) is 17.5. The molecule has 1 saturated heterocycles. The molecule has 2 aromatic carbocycles. The minimum Gasteiger partial charge on any atom is -0.349 e. The van der Waals surface area contributed by atoms with Crippen LogP contribution in [0.15, 0.2) is 85.2 Å². The molecule has 0 spiro atoms. The Labute approximate surface area is 183 Å². The Morgan fingerprint density at radius 1 is 0.903 bits per heavy atom. The molecule has 31 heavy (non-hydrogen) atoms. The number of piperidine rings is 1. The Bertz CT molecular complexity index is 985. The van der Waals surface area contributed by atoms with Gasteiger partial charge in [0.15, 0.2) is 0 Å². The fourth-order valence-electron chi connectivity index (χ4n) is 4.10. The molecular weight excluding hydrogens is 386 g/mol. The van der Waals surface area contributed by atoms with Crippen LogP contribution in [0, 0.1) is 5.92 Å². The van der Waals surface area contributed by atoms with Gasteiger partial charge < -0.3 is 10.2 Å². The van der Waals surface area contributed by atoms with Gasteiger partial charge in [0.2, 0.25) is 5.91 Å². The molecule has 2 amide bonds. The number of nitrogens with zero attached hydrogens (tertiary/aromatic N) is 2. The molecule has 0 saturated carbocycles. The first kappa shape index (κ1) is 20.8. The third kappa shape index (κ3) is 5.37. The minimum absolute atomic E-state index is 0.00694. The number of likely N-dealkylation sites (tertiary alicyclic amines) is 1.